The molecule has 0 aromatic heterocycles. The Labute approximate surface area is 208 Å². The average molecular weight is 470 g/mol. The molecule has 3 nitrogen and oxygen atoms in total. The predicted molar refractivity (Wildman–Crippen MR) is 143 cm³/mol. The quantitative estimate of drug-likeness (QED) is 0.596. The Kier molecular flexibility index (Phi) is 5.76. The molecule has 1 heterocycles. The monoisotopic (exact) mass is 469 g/mol. The summed E-state index contributed by atoms with van der Waals surface area (Å²) in [6.07, 6.45) is 12.4. The normalized spacial score (nSPS) is 26.1. The third-order valence-electron chi connectivity index (χ3n) is 8.17. The standard InChI is InChI=1S/C31H36FN3/c1-5-25-12-10-22(19-35(25)4)29(34)26-9-7-6-8-21(26)17-24(33)16-20(2)31(14-15-31)23-11-13-27-28(18-23)30(27,3)32/h6-13,17-19,24-25H,2,5,14-16,33-34H2,1,3-4H3/b21-17-,29-26-. The van der Waals surface area contributed by atoms with Crippen LogP contribution in [0, 0.1) is 0 Å². The Morgan fingerprint density at radius 2 is 1.97 bits per heavy atom. The molecule has 4 heteroatoms. The molecule has 1 aliphatic heterocycles. The topological polar surface area (TPSA) is 55.3 Å². The molecule has 0 bridgehead atoms. The van der Waals surface area contributed by atoms with Gasteiger partial charge in [-0.1, -0.05) is 79.8 Å². The first-order valence-electron chi connectivity index (χ1n) is 12.6. The molecule has 0 spiro atoms. The van der Waals surface area contributed by atoms with E-state index >= 15 is 0 Å². The zero-order valence-corrected chi connectivity index (χ0v) is 21.0. The highest BCUT2D eigenvalue weighted by Gasteiger charge is 2.51. The van der Waals surface area contributed by atoms with Gasteiger partial charge in [0.1, 0.15) is 0 Å². The number of fused-ring (bicyclic) bond motifs is 1. The predicted octanol–water partition coefficient (Wildman–Crippen LogP) is 4.25. The average Bonchev–Trinajstić information content (AvgIpc) is 3.75. The highest BCUT2D eigenvalue weighted by atomic mass is 19.1. The summed E-state index contributed by atoms with van der Waals surface area (Å²) in [6.45, 7) is 8.26. The summed E-state index contributed by atoms with van der Waals surface area (Å²) >= 11 is 0. The van der Waals surface area contributed by atoms with Crippen LogP contribution in [0.2, 0.25) is 0 Å². The van der Waals surface area contributed by atoms with Crippen LogP contribution in [0.25, 0.3) is 11.8 Å². The van der Waals surface area contributed by atoms with Gasteiger partial charge in [-0.2, -0.15) is 0 Å². The number of benzene rings is 2. The third-order valence-corrected chi connectivity index (χ3v) is 8.17. The highest BCUT2D eigenvalue weighted by Crippen LogP contribution is 2.58. The van der Waals surface area contributed by atoms with E-state index in [2.05, 4.69) is 68.1 Å². The lowest BCUT2D eigenvalue weighted by atomic mass is 9.85. The van der Waals surface area contributed by atoms with Crippen LogP contribution >= 0.6 is 0 Å². The maximum absolute atomic E-state index is 14.5. The molecule has 2 aromatic carbocycles. The third kappa shape index (κ3) is 4.14. The number of nitrogens with two attached hydrogens (primary N) is 2. The summed E-state index contributed by atoms with van der Waals surface area (Å²) in [4.78, 5) is 2.21. The van der Waals surface area contributed by atoms with E-state index in [1.54, 1.807) is 6.92 Å². The van der Waals surface area contributed by atoms with Crippen LogP contribution in [0.3, 0.4) is 0 Å². The number of likely N-dealkylation sites (N-methyl/N-ethyl adjacent to an activating group) is 1. The minimum Gasteiger partial charge on any atom is -0.398 e. The molecular weight excluding hydrogens is 433 g/mol. The van der Waals surface area contributed by atoms with Crippen LogP contribution in [0.15, 0.2) is 78.5 Å². The van der Waals surface area contributed by atoms with Crippen molar-refractivity contribution in [2.45, 2.75) is 62.7 Å². The van der Waals surface area contributed by atoms with Crippen molar-refractivity contribution in [1.29, 1.82) is 0 Å². The van der Waals surface area contributed by atoms with Gasteiger partial charge in [0.2, 0.25) is 0 Å². The van der Waals surface area contributed by atoms with Crippen LogP contribution < -0.4 is 21.9 Å². The number of rotatable bonds is 7. The van der Waals surface area contributed by atoms with Crippen molar-refractivity contribution in [3.8, 4) is 0 Å². The number of nitrogens with zero attached hydrogens (tertiary/aromatic N) is 1. The van der Waals surface area contributed by atoms with E-state index in [1.807, 2.05) is 24.3 Å². The van der Waals surface area contributed by atoms with E-state index in [4.69, 9.17) is 11.5 Å². The van der Waals surface area contributed by atoms with Crippen molar-refractivity contribution >= 4 is 11.8 Å². The molecule has 0 amide bonds. The van der Waals surface area contributed by atoms with E-state index in [1.165, 1.54) is 5.56 Å². The fraction of sp³-hybridized carbons (Fsp3) is 0.355. The molecule has 1 saturated carbocycles. The van der Waals surface area contributed by atoms with Crippen LogP contribution in [0.4, 0.5) is 4.39 Å². The van der Waals surface area contributed by atoms with E-state index in [0.29, 0.717) is 12.5 Å². The Balaban J connectivity index is 1.39. The van der Waals surface area contributed by atoms with Crippen LogP contribution in [-0.4, -0.2) is 24.0 Å². The molecule has 1 fully saturated rings. The van der Waals surface area contributed by atoms with Gasteiger partial charge in [0.15, 0.2) is 5.67 Å². The first-order valence-corrected chi connectivity index (χ1v) is 12.6. The van der Waals surface area contributed by atoms with Gasteiger partial charge in [0.05, 0.1) is 0 Å². The fourth-order valence-electron chi connectivity index (χ4n) is 5.61. The minimum atomic E-state index is -1.25. The summed E-state index contributed by atoms with van der Waals surface area (Å²) in [5.41, 5.74) is 17.7. The largest absolute Gasteiger partial charge is 0.398 e. The van der Waals surface area contributed by atoms with Crippen molar-refractivity contribution in [1.82, 2.24) is 4.90 Å². The van der Waals surface area contributed by atoms with Gasteiger partial charge >= 0.3 is 0 Å². The Bertz CT molecular complexity index is 1360. The van der Waals surface area contributed by atoms with Gasteiger partial charge in [-0.3, -0.25) is 0 Å². The summed E-state index contributed by atoms with van der Waals surface area (Å²) < 4.78 is 14.5. The maximum atomic E-state index is 14.5. The lowest BCUT2D eigenvalue weighted by Gasteiger charge is -2.27. The molecule has 3 atom stereocenters. The second-order valence-electron chi connectivity index (χ2n) is 10.6. The number of hydrogen-bond donors (Lipinski definition) is 2. The number of alkyl halides is 1. The Hall–Kier alpha value is -3.11. The SMILES string of the molecule is C=C(CC(N)/C=c1/cccc/c1=C(/N)C1=CN(C)C(CC)C=C1)C1(c2ccc3c(c2)C3(C)F)CC1. The van der Waals surface area contributed by atoms with Gasteiger partial charge < -0.3 is 16.4 Å². The van der Waals surface area contributed by atoms with Crippen molar-refractivity contribution in [3.05, 3.63) is 106 Å². The van der Waals surface area contributed by atoms with E-state index < -0.39 is 5.67 Å². The lowest BCUT2D eigenvalue weighted by Crippen LogP contribution is -2.34. The first kappa shape index (κ1) is 23.6. The molecule has 3 aliphatic rings. The molecule has 35 heavy (non-hydrogen) atoms. The van der Waals surface area contributed by atoms with Gasteiger partial charge in [-0.15, -0.1) is 0 Å². The summed E-state index contributed by atoms with van der Waals surface area (Å²) in [5, 5.41) is 2.02. The zero-order valence-electron chi connectivity index (χ0n) is 21.0. The molecule has 3 unspecified atom stereocenters. The molecular formula is C31H36FN3. The van der Waals surface area contributed by atoms with E-state index in [-0.39, 0.29) is 11.5 Å². The Morgan fingerprint density at radius 3 is 2.63 bits per heavy atom. The van der Waals surface area contributed by atoms with Gasteiger partial charge in [0, 0.05) is 58.4 Å². The zero-order chi connectivity index (χ0) is 25.0. The molecule has 5 rings (SSSR count). The van der Waals surface area contributed by atoms with Gasteiger partial charge in [-0.25, -0.2) is 4.39 Å². The van der Waals surface area contributed by atoms with Gasteiger partial charge in [-0.05, 0) is 43.4 Å². The van der Waals surface area contributed by atoms with Crippen LogP contribution in [-0.2, 0) is 11.1 Å². The van der Waals surface area contributed by atoms with Crippen molar-refractivity contribution in [2.75, 3.05) is 7.05 Å². The fourth-order valence-corrected chi connectivity index (χ4v) is 5.61. The van der Waals surface area contributed by atoms with E-state index in [0.717, 1.165) is 57.7 Å². The Morgan fingerprint density at radius 1 is 1.23 bits per heavy atom. The molecule has 182 valence electrons. The lowest BCUT2D eigenvalue weighted by molar-refractivity contribution is 0.320. The minimum absolute atomic E-state index is 0.0675. The summed E-state index contributed by atoms with van der Waals surface area (Å²) in [7, 11) is 2.09. The highest BCUT2D eigenvalue weighted by molar-refractivity contribution is 5.66. The summed E-state index contributed by atoms with van der Waals surface area (Å²) in [5.74, 6) is 0. The molecule has 2 aliphatic carbocycles. The smallest absolute Gasteiger partial charge is 0.159 e. The van der Waals surface area contributed by atoms with Crippen molar-refractivity contribution in [3.63, 3.8) is 0 Å². The van der Waals surface area contributed by atoms with Crippen LogP contribution in [0.5, 0.6) is 0 Å². The second kappa shape index (κ2) is 8.53. The van der Waals surface area contributed by atoms with Crippen LogP contribution in [0.1, 0.15) is 56.2 Å². The molecule has 0 radical (unpaired) electrons. The first-order chi connectivity index (χ1) is 16.7. The molecule has 4 N–H and O–H groups in total. The maximum Gasteiger partial charge on any atom is 0.159 e. The molecule has 0 saturated heterocycles. The van der Waals surface area contributed by atoms with Gasteiger partial charge in [0.25, 0.3) is 0 Å². The van der Waals surface area contributed by atoms with Crippen molar-refractivity contribution in [2.24, 2.45) is 11.5 Å². The number of hydrogen-bond acceptors (Lipinski definition) is 3. The summed E-state index contributed by atoms with van der Waals surface area (Å²) in [6, 6.07) is 14.4. The number of halogens is 1. The van der Waals surface area contributed by atoms with E-state index in [9.17, 15) is 4.39 Å². The van der Waals surface area contributed by atoms with Crippen molar-refractivity contribution < 1.29 is 4.39 Å². The molecule has 2 aromatic rings. The second-order valence-corrected chi connectivity index (χ2v) is 10.6.